The molecule has 0 atom stereocenters. The normalized spacial score (nSPS) is 10.6. The van der Waals surface area contributed by atoms with Gasteiger partial charge in [0.2, 0.25) is 0 Å². The number of aryl methyl sites for hydroxylation is 1. The van der Waals surface area contributed by atoms with E-state index in [9.17, 15) is 4.79 Å². The van der Waals surface area contributed by atoms with Gasteiger partial charge < -0.3 is 0 Å². The largest absolute Gasteiger partial charge is 0.296 e. The molecule has 1 amide bonds. The van der Waals surface area contributed by atoms with Gasteiger partial charge in [0.1, 0.15) is 18.5 Å². The standard InChI is InChI=1S/C16H14ClN5O/c1-11-7-12(3-5-14(11)22-10-18-9-20-22)16(23)21(2)15-6-4-13(17)8-19-15/h3-10H,1-2H3. The summed E-state index contributed by atoms with van der Waals surface area (Å²) in [4.78, 5) is 22.2. The zero-order valence-corrected chi connectivity index (χ0v) is 13.4. The summed E-state index contributed by atoms with van der Waals surface area (Å²) in [5, 5.41) is 4.63. The lowest BCUT2D eigenvalue weighted by atomic mass is 10.1. The highest BCUT2D eigenvalue weighted by Crippen LogP contribution is 2.19. The van der Waals surface area contributed by atoms with Crippen LogP contribution in [0.1, 0.15) is 15.9 Å². The fourth-order valence-corrected chi connectivity index (χ4v) is 2.35. The van der Waals surface area contributed by atoms with Crippen LogP contribution >= 0.6 is 11.6 Å². The summed E-state index contributed by atoms with van der Waals surface area (Å²) in [6.07, 6.45) is 4.60. The maximum atomic E-state index is 12.6. The Hall–Kier alpha value is -2.73. The lowest BCUT2D eigenvalue weighted by molar-refractivity contribution is 0.0992. The molecular weight excluding hydrogens is 314 g/mol. The summed E-state index contributed by atoms with van der Waals surface area (Å²) >= 11 is 5.82. The molecule has 23 heavy (non-hydrogen) atoms. The van der Waals surface area contributed by atoms with Gasteiger partial charge in [-0.25, -0.2) is 14.6 Å². The molecule has 0 spiro atoms. The minimum atomic E-state index is -0.145. The first kappa shape index (κ1) is 15.2. The minimum absolute atomic E-state index is 0.145. The van der Waals surface area contributed by atoms with Crippen LogP contribution in [0, 0.1) is 6.92 Å². The summed E-state index contributed by atoms with van der Waals surface area (Å²) in [7, 11) is 1.68. The molecule has 0 aliphatic carbocycles. The lowest BCUT2D eigenvalue weighted by Crippen LogP contribution is -2.27. The number of benzene rings is 1. The number of nitrogens with zero attached hydrogens (tertiary/aromatic N) is 5. The van der Waals surface area contributed by atoms with Crippen LogP contribution in [0.3, 0.4) is 0 Å². The summed E-state index contributed by atoms with van der Waals surface area (Å²) in [6, 6.07) is 8.84. The Morgan fingerprint density at radius 1 is 1.26 bits per heavy atom. The van der Waals surface area contributed by atoms with Gasteiger partial charge in [-0.3, -0.25) is 9.69 Å². The van der Waals surface area contributed by atoms with Crippen molar-refractivity contribution in [1.82, 2.24) is 19.7 Å². The molecule has 3 rings (SSSR count). The molecule has 2 aromatic heterocycles. The Kier molecular flexibility index (Phi) is 4.08. The summed E-state index contributed by atoms with van der Waals surface area (Å²) in [5.41, 5.74) is 2.38. The van der Waals surface area contributed by atoms with Gasteiger partial charge in [0.15, 0.2) is 0 Å². The molecule has 0 fully saturated rings. The number of carbonyl (C=O) groups excluding carboxylic acids is 1. The van der Waals surface area contributed by atoms with Crippen molar-refractivity contribution in [3.8, 4) is 5.69 Å². The van der Waals surface area contributed by atoms with Gasteiger partial charge in [-0.15, -0.1) is 0 Å². The van der Waals surface area contributed by atoms with Gasteiger partial charge >= 0.3 is 0 Å². The van der Waals surface area contributed by atoms with Gasteiger partial charge in [-0.05, 0) is 42.8 Å². The highest BCUT2D eigenvalue weighted by molar-refractivity contribution is 6.30. The molecule has 0 aliphatic rings. The lowest BCUT2D eigenvalue weighted by Gasteiger charge is -2.17. The third-order valence-electron chi connectivity index (χ3n) is 3.47. The predicted molar refractivity (Wildman–Crippen MR) is 88.1 cm³/mol. The van der Waals surface area contributed by atoms with E-state index in [0.717, 1.165) is 11.3 Å². The van der Waals surface area contributed by atoms with E-state index in [0.29, 0.717) is 16.4 Å². The number of pyridine rings is 1. The van der Waals surface area contributed by atoms with Crippen LogP contribution in [0.25, 0.3) is 5.69 Å². The van der Waals surface area contributed by atoms with E-state index in [1.165, 1.54) is 17.4 Å². The molecule has 7 heteroatoms. The van der Waals surface area contributed by atoms with Gasteiger partial charge in [0.25, 0.3) is 5.91 Å². The number of aromatic nitrogens is 4. The number of hydrogen-bond acceptors (Lipinski definition) is 4. The number of amides is 1. The molecule has 0 radical (unpaired) electrons. The van der Waals surface area contributed by atoms with Crippen LogP contribution in [0.2, 0.25) is 5.02 Å². The second kappa shape index (κ2) is 6.18. The van der Waals surface area contributed by atoms with Crippen LogP contribution in [-0.4, -0.2) is 32.7 Å². The second-order valence-electron chi connectivity index (χ2n) is 5.04. The molecule has 0 saturated heterocycles. The molecule has 0 bridgehead atoms. The number of rotatable bonds is 3. The van der Waals surface area contributed by atoms with Crippen molar-refractivity contribution < 1.29 is 4.79 Å². The predicted octanol–water partition coefficient (Wildman–Crippen LogP) is 2.90. The zero-order chi connectivity index (χ0) is 16.4. The molecule has 1 aromatic carbocycles. The number of hydrogen-bond donors (Lipinski definition) is 0. The Bertz CT molecular complexity index is 830. The number of halogens is 1. The van der Waals surface area contributed by atoms with Crippen molar-refractivity contribution in [2.45, 2.75) is 6.92 Å². The van der Waals surface area contributed by atoms with E-state index in [1.807, 2.05) is 19.1 Å². The van der Waals surface area contributed by atoms with Crippen LogP contribution in [-0.2, 0) is 0 Å². The van der Waals surface area contributed by atoms with E-state index in [1.54, 1.807) is 36.3 Å². The third-order valence-corrected chi connectivity index (χ3v) is 3.69. The molecule has 0 N–H and O–H groups in total. The van der Waals surface area contributed by atoms with Gasteiger partial charge in [0, 0.05) is 18.8 Å². The van der Waals surface area contributed by atoms with E-state index in [2.05, 4.69) is 15.1 Å². The van der Waals surface area contributed by atoms with E-state index in [-0.39, 0.29) is 5.91 Å². The molecule has 2 heterocycles. The van der Waals surface area contributed by atoms with Crippen molar-refractivity contribution in [2.75, 3.05) is 11.9 Å². The average Bonchev–Trinajstić information content (AvgIpc) is 3.08. The SMILES string of the molecule is Cc1cc(C(=O)N(C)c2ccc(Cl)cn2)ccc1-n1cncn1. The Balaban J connectivity index is 1.88. The number of carbonyl (C=O) groups is 1. The fourth-order valence-electron chi connectivity index (χ4n) is 2.24. The molecular formula is C16H14ClN5O. The molecule has 0 saturated carbocycles. The third kappa shape index (κ3) is 3.07. The number of anilines is 1. The van der Waals surface area contributed by atoms with E-state index >= 15 is 0 Å². The second-order valence-corrected chi connectivity index (χ2v) is 5.48. The van der Waals surface area contributed by atoms with Crippen LogP contribution in [0.5, 0.6) is 0 Å². The van der Waals surface area contributed by atoms with Crippen molar-refractivity contribution in [1.29, 1.82) is 0 Å². The fraction of sp³-hybridized carbons (Fsp3) is 0.125. The molecule has 6 nitrogen and oxygen atoms in total. The topological polar surface area (TPSA) is 63.9 Å². The van der Waals surface area contributed by atoms with Gasteiger partial charge in [-0.1, -0.05) is 11.6 Å². The zero-order valence-electron chi connectivity index (χ0n) is 12.6. The van der Waals surface area contributed by atoms with Crippen molar-refractivity contribution in [3.63, 3.8) is 0 Å². The summed E-state index contributed by atoms with van der Waals surface area (Å²) in [5.74, 6) is 0.394. The monoisotopic (exact) mass is 327 g/mol. The first-order chi connectivity index (χ1) is 11.1. The highest BCUT2D eigenvalue weighted by Gasteiger charge is 2.16. The summed E-state index contributed by atoms with van der Waals surface area (Å²) in [6.45, 7) is 1.92. The van der Waals surface area contributed by atoms with Crippen molar-refractivity contribution in [2.24, 2.45) is 0 Å². The van der Waals surface area contributed by atoms with E-state index in [4.69, 9.17) is 11.6 Å². The van der Waals surface area contributed by atoms with Crippen molar-refractivity contribution >= 4 is 23.3 Å². The van der Waals surface area contributed by atoms with Gasteiger partial charge in [0.05, 0.1) is 10.7 Å². The minimum Gasteiger partial charge on any atom is -0.296 e. The van der Waals surface area contributed by atoms with Crippen LogP contribution in [0.4, 0.5) is 5.82 Å². The quantitative estimate of drug-likeness (QED) is 0.742. The maximum Gasteiger partial charge on any atom is 0.259 e. The Morgan fingerprint density at radius 2 is 2.09 bits per heavy atom. The molecule has 0 aliphatic heterocycles. The van der Waals surface area contributed by atoms with Crippen LogP contribution in [0.15, 0.2) is 49.2 Å². The van der Waals surface area contributed by atoms with Crippen molar-refractivity contribution in [3.05, 3.63) is 65.3 Å². The first-order valence-electron chi connectivity index (χ1n) is 6.91. The Labute approximate surface area is 138 Å². The van der Waals surface area contributed by atoms with E-state index < -0.39 is 0 Å². The smallest absolute Gasteiger partial charge is 0.259 e. The molecule has 116 valence electrons. The van der Waals surface area contributed by atoms with Gasteiger partial charge in [-0.2, -0.15) is 5.10 Å². The average molecular weight is 328 g/mol. The Morgan fingerprint density at radius 3 is 2.70 bits per heavy atom. The first-order valence-corrected chi connectivity index (χ1v) is 7.29. The maximum absolute atomic E-state index is 12.6. The highest BCUT2D eigenvalue weighted by atomic mass is 35.5. The molecule has 0 unspecified atom stereocenters. The molecule has 3 aromatic rings. The van der Waals surface area contributed by atoms with Crippen LogP contribution < -0.4 is 4.90 Å². The summed E-state index contributed by atoms with van der Waals surface area (Å²) < 4.78 is 1.66.